The van der Waals surface area contributed by atoms with Crippen LogP contribution in [-0.4, -0.2) is 19.9 Å². The molecular weight excluding hydrogens is 336 g/mol. The quantitative estimate of drug-likeness (QED) is 0.639. The van der Waals surface area contributed by atoms with Crippen molar-refractivity contribution >= 4 is 0 Å². The van der Waals surface area contributed by atoms with Crippen molar-refractivity contribution in [2.24, 2.45) is 0 Å². The number of pyridine rings is 3. The fourth-order valence-corrected chi connectivity index (χ4v) is 2.33. The number of hydrogen-bond acceptors (Lipinski definition) is 4. The van der Waals surface area contributed by atoms with Gasteiger partial charge in [-0.15, -0.1) is 0 Å². The molecule has 3 aromatic heterocycles. The summed E-state index contributed by atoms with van der Waals surface area (Å²) in [6.45, 7) is 2.32. The smallest absolute Gasteiger partial charge is 0.286 e. The average Bonchev–Trinajstić information content (AvgIpc) is 2.57. The molecule has 23 heavy (non-hydrogen) atoms. The van der Waals surface area contributed by atoms with Crippen molar-refractivity contribution in [2.75, 3.05) is 0 Å². The second-order valence-corrected chi connectivity index (χ2v) is 5.11. The largest absolute Gasteiger partial charge is 2.00 e. The fourth-order valence-electron chi connectivity index (χ4n) is 2.33. The Hall–Kier alpha value is -2.07. The molecular formula is C18H18CuN4+2. The third-order valence-electron chi connectivity index (χ3n) is 3.34. The molecule has 3 rings (SSSR count). The molecule has 0 N–H and O–H groups in total. The van der Waals surface area contributed by atoms with Crippen LogP contribution in [0.2, 0.25) is 0 Å². The van der Waals surface area contributed by atoms with E-state index in [9.17, 15) is 0 Å². The van der Waals surface area contributed by atoms with Crippen LogP contribution in [0, 0.1) is 0 Å². The van der Waals surface area contributed by atoms with Crippen molar-refractivity contribution in [3.63, 3.8) is 0 Å². The molecule has 0 aliphatic rings. The molecule has 0 atom stereocenters. The van der Waals surface area contributed by atoms with Gasteiger partial charge in [-0.2, -0.15) is 0 Å². The Bertz CT molecular complexity index is 578. The minimum absolute atomic E-state index is 0. The van der Waals surface area contributed by atoms with E-state index in [4.69, 9.17) is 0 Å². The van der Waals surface area contributed by atoms with Gasteiger partial charge in [-0.25, -0.2) is 0 Å². The van der Waals surface area contributed by atoms with Gasteiger partial charge in [0.25, 0.3) is 0 Å². The molecule has 0 spiro atoms. The number of hydrogen-bond donors (Lipinski definition) is 0. The van der Waals surface area contributed by atoms with Gasteiger partial charge in [0.15, 0.2) is 0 Å². The summed E-state index contributed by atoms with van der Waals surface area (Å²) in [6, 6.07) is 18.0. The van der Waals surface area contributed by atoms with E-state index in [1.165, 1.54) is 0 Å². The van der Waals surface area contributed by atoms with Gasteiger partial charge in [0, 0.05) is 38.2 Å². The van der Waals surface area contributed by atoms with Gasteiger partial charge in [-0.1, -0.05) is 18.2 Å². The molecule has 0 unspecified atom stereocenters. The van der Waals surface area contributed by atoms with Crippen LogP contribution in [0.3, 0.4) is 0 Å². The van der Waals surface area contributed by atoms with Crippen molar-refractivity contribution in [2.45, 2.75) is 19.6 Å². The van der Waals surface area contributed by atoms with Crippen LogP contribution in [0.15, 0.2) is 73.2 Å². The molecule has 0 aromatic carbocycles. The van der Waals surface area contributed by atoms with Gasteiger partial charge in [-0.3, -0.25) is 19.9 Å². The van der Waals surface area contributed by atoms with Crippen molar-refractivity contribution in [1.29, 1.82) is 0 Å². The minimum Gasteiger partial charge on any atom is -0.286 e. The van der Waals surface area contributed by atoms with Gasteiger partial charge < -0.3 is 0 Å². The van der Waals surface area contributed by atoms with E-state index < -0.39 is 0 Å². The van der Waals surface area contributed by atoms with E-state index in [1.807, 2.05) is 73.2 Å². The zero-order valence-electron chi connectivity index (χ0n) is 12.6. The predicted molar refractivity (Wildman–Crippen MR) is 85.7 cm³/mol. The van der Waals surface area contributed by atoms with Crippen LogP contribution in [-0.2, 0) is 36.7 Å². The molecule has 0 fully saturated rings. The zero-order valence-corrected chi connectivity index (χ0v) is 13.6. The molecule has 0 aliphatic carbocycles. The summed E-state index contributed by atoms with van der Waals surface area (Å²) in [6.07, 6.45) is 5.49. The molecule has 4 nitrogen and oxygen atoms in total. The standard InChI is InChI=1S/C18H18N4.Cu/c1-4-10-19-16(7-1)13-22(14-17-8-2-5-11-20-17)15-18-9-3-6-12-21-18;/h1-12H,13-15H2;/q;+2. The maximum Gasteiger partial charge on any atom is 2.00 e. The van der Waals surface area contributed by atoms with E-state index in [1.54, 1.807) is 0 Å². The maximum absolute atomic E-state index is 4.42. The number of nitrogens with zero attached hydrogens (tertiary/aromatic N) is 4. The van der Waals surface area contributed by atoms with E-state index in [0.717, 1.165) is 36.7 Å². The predicted octanol–water partition coefficient (Wildman–Crippen LogP) is 3.07. The molecule has 5 heteroatoms. The van der Waals surface area contributed by atoms with Crippen LogP contribution in [0.25, 0.3) is 0 Å². The van der Waals surface area contributed by atoms with Gasteiger partial charge in [-0.05, 0) is 36.4 Å². The Morgan fingerprint density at radius 2 is 0.913 bits per heavy atom. The summed E-state index contributed by atoms with van der Waals surface area (Å²) in [7, 11) is 0. The summed E-state index contributed by atoms with van der Waals surface area (Å²) in [4.78, 5) is 15.6. The summed E-state index contributed by atoms with van der Waals surface area (Å²) < 4.78 is 0. The molecule has 0 amide bonds. The molecule has 0 saturated carbocycles. The van der Waals surface area contributed by atoms with Crippen molar-refractivity contribution < 1.29 is 17.1 Å². The van der Waals surface area contributed by atoms with Crippen LogP contribution < -0.4 is 0 Å². The Labute approximate surface area is 147 Å². The Morgan fingerprint density at radius 1 is 0.565 bits per heavy atom. The zero-order chi connectivity index (χ0) is 15.0. The molecule has 0 bridgehead atoms. The summed E-state index contributed by atoms with van der Waals surface area (Å²) in [5, 5.41) is 0. The second-order valence-electron chi connectivity index (χ2n) is 5.11. The first-order valence-corrected chi connectivity index (χ1v) is 7.32. The number of rotatable bonds is 6. The first-order valence-electron chi connectivity index (χ1n) is 7.32. The summed E-state index contributed by atoms with van der Waals surface area (Å²) >= 11 is 0. The topological polar surface area (TPSA) is 41.9 Å². The minimum atomic E-state index is 0. The van der Waals surface area contributed by atoms with Crippen LogP contribution in [0.5, 0.6) is 0 Å². The Balaban J connectivity index is 0.00000192. The SMILES string of the molecule is [Cu+2].c1ccc(CN(Cc2ccccn2)Cc2ccccn2)nc1. The fraction of sp³-hybridized carbons (Fsp3) is 0.167. The third kappa shape index (κ3) is 5.57. The monoisotopic (exact) mass is 353 g/mol. The van der Waals surface area contributed by atoms with Crippen LogP contribution >= 0.6 is 0 Å². The maximum atomic E-state index is 4.42. The summed E-state index contributed by atoms with van der Waals surface area (Å²) in [5.74, 6) is 0. The van der Waals surface area contributed by atoms with Crippen molar-refractivity contribution in [3.8, 4) is 0 Å². The Morgan fingerprint density at radius 3 is 1.17 bits per heavy atom. The molecule has 3 aromatic rings. The molecule has 3 heterocycles. The molecule has 119 valence electrons. The first kappa shape index (κ1) is 17.3. The summed E-state index contributed by atoms with van der Waals surface area (Å²) in [5.41, 5.74) is 3.15. The van der Waals surface area contributed by atoms with Gasteiger partial charge >= 0.3 is 17.1 Å². The van der Waals surface area contributed by atoms with Crippen molar-refractivity contribution in [1.82, 2.24) is 19.9 Å². The van der Waals surface area contributed by atoms with E-state index in [0.29, 0.717) is 0 Å². The van der Waals surface area contributed by atoms with Crippen molar-refractivity contribution in [3.05, 3.63) is 90.3 Å². The van der Waals surface area contributed by atoms with E-state index >= 15 is 0 Å². The average molecular weight is 354 g/mol. The van der Waals surface area contributed by atoms with Crippen LogP contribution in [0.4, 0.5) is 0 Å². The number of aromatic nitrogens is 3. The first-order chi connectivity index (χ1) is 10.9. The van der Waals surface area contributed by atoms with Gasteiger partial charge in [0.05, 0.1) is 17.1 Å². The second kappa shape index (κ2) is 9.15. The van der Waals surface area contributed by atoms with E-state index in [-0.39, 0.29) is 17.1 Å². The molecule has 0 aliphatic heterocycles. The molecule has 1 radical (unpaired) electrons. The van der Waals surface area contributed by atoms with Crippen LogP contribution in [0.1, 0.15) is 17.1 Å². The molecule has 0 saturated heterocycles. The van der Waals surface area contributed by atoms with Gasteiger partial charge in [0.1, 0.15) is 0 Å². The van der Waals surface area contributed by atoms with Gasteiger partial charge in [0.2, 0.25) is 0 Å². The normalized spacial score (nSPS) is 10.3. The Kier molecular flexibility index (Phi) is 6.88. The van der Waals surface area contributed by atoms with E-state index in [2.05, 4.69) is 19.9 Å². The third-order valence-corrected chi connectivity index (χ3v) is 3.34.